The van der Waals surface area contributed by atoms with Crippen LogP contribution in [0.1, 0.15) is 56.5 Å². The van der Waals surface area contributed by atoms with Crippen molar-refractivity contribution in [2.45, 2.75) is 57.6 Å². The third kappa shape index (κ3) is 4.82. The molecule has 2 heterocycles. The number of nitrogens with zero attached hydrogens (tertiary/aromatic N) is 4. The standard InChI is InChI=1S/C29H30N6O3/c1-18(19-5-6-19)38-29(36)33-21-9-7-20(8-10-21)28-25(16-30)24-12-11-23(37-14-13-27-31-17-32-34-27)15-26(24)35(28)22-3-2-4-22/h7-12,15,17-19,22H,2-6,13-14H2,1H3,(H,33,36)(H,31,32,34). The Kier molecular flexibility index (Phi) is 6.46. The first kappa shape index (κ1) is 24.0. The number of nitrogens with one attached hydrogen (secondary N) is 2. The molecule has 2 N–H and O–H groups in total. The van der Waals surface area contributed by atoms with Crippen molar-refractivity contribution in [3.05, 3.63) is 60.2 Å². The molecule has 2 aliphatic carbocycles. The van der Waals surface area contributed by atoms with E-state index in [4.69, 9.17) is 9.47 Å². The quantitative estimate of drug-likeness (QED) is 0.285. The molecule has 4 aromatic rings. The van der Waals surface area contributed by atoms with Crippen LogP contribution < -0.4 is 10.1 Å². The van der Waals surface area contributed by atoms with Crippen molar-refractivity contribution in [3.63, 3.8) is 0 Å². The summed E-state index contributed by atoms with van der Waals surface area (Å²) in [5.74, 6) is 2.02. The Hall–Kier alpha value is -4.32. The molecule has 1 amide bonds. The lowest BCUT2D eigenvalue weighted by Crippen LogP contribution is -2.21. The summed E-state index contributed by atoms with van der Waals surface area (Å²) in [5, 5.41) is 20.7. The molecule has 2 aromatic carbocycles. The highest BCUT2D eigenvalue weighted by molar-refractivity contribution is 5.96. The van der Waals surface area contributed by atoms with E-state index in [0.717, 1.165) is 59.4 Å². The fraction of sp³-hybridized carbons (Fsp3) is 0.379. The van der Waals surface area contributed by atoms with Gasteiger partial charge in [-0.1, -0.05) is 12.1 Å². The van der Waals surface area contributed by atoms with E-state index in [1.807, 2.05) is 49.4 Å². The first-order chi connectivity index (χ1) is 18.6. The van der Waals surface area contributed by atoms with Gasteiger partial charge in [-0.15, -0.1) is 0 Å². The Morgan fingerprint density at radius 3 is 2.68 bits per heavy atom. The molecule has 9 heteroatoms. The Morgan fingerprint density at radius 2 is 2.03 bits per heavy atom. The first-order valence-corrected chi connectivity index (χ1v) is 13.2. The second kappa shape index (κ2) is 10.2. The van der Waals surface area contributed by atoms with Crippen LogP contribution in [0.3, 0.4) is 0 Å². The predicted octanol–water partition coefficient (Wildman–Crippen LogP) is 5.99. The summed E-state index contributed by atoms with van der Waals surface area (Å²) < 4.78 is 13.8. The minimum atomic E-state index is -0.436. The third-order valence-electron chi connectivity index (χ3n) is 7.58. The Balaban J connectivity index is 1.27. The topological polar surface area (TPSA) is 118 Å². The van der Waals surface area contributed by atoms with Gasteiger partial charge >= 0.3 is 6.09 Å². The van der Waals surface area contributed by atoms with Crippen LogP contribution in [0.15, 0.2) is 48.8 Å². The number of nitriles is 1. The molecule has 0 radical (unpaired) electrons. The molecular weight excluding hydrogens is 480 g/mol. The molecule has 0 saturated heterocycles. The monoisotopic (exact) mass is 510 g/mol. The minimum absolute atomic E-state index is 0.0679. The van der Waals surface area contributed by atoms with Crippen molar-refractivity contribution in [2.24, 2.45) is 5.92 Å². The fourth-order valence-electron chi connectivity index (χ4n) is 5.11. The normalized spacial score (nSPS) is 16.0. The Bertz CT molecular complexity index is 1480. The number of anilines is 1. The van der Waals surface area contributed by atoms with Crippen LogP contribution in [-0.4, -0.2) is 38.6 Å². The maximum Gasteiger partial charge on any atom is 0.411 e. The smallest absolute Gasteiger partial charge is 0.411 e. The third-order valence-corrected chi connectivity index (χ3v) is 7.58. The van der Waals surface area contributed by atoms with Crippen molar-refractivity contribution in [1.82, 2.24) is 19.7 Å². The van der Waals surface area contributed by atoms with Crippen LogP contribution >= 0.6 is 0 Å². The lowest BCUT2D eigenvalue weighted by molar-refractivity contribution is 0.108. The number of H-pyrrole nitrogens is 1. The molecule has 2 fully saturated rings. The molecule has 0 aliphatic heterocycles. The van der Waals surface area contributed by atoms with E-state index in [-0.39, 0.29) is 6.10 Å². The number of hydrogen-bond donors (Lipinski definition) is 2. The molecule has 194 valence electrons. The molecule has 0 spiro atoms. The number of carbonyl (C=O) groups excluding carboxylic acids is 1. The first-order valence-electron chi connectivity index (χ1n) is 13.2. The van der Waals surface area contributed by atoms with Crippen LogP contribution in [-0.2, 0) is 11.2 Å². The van der Waals surface area contributed by atoms with Gasteiger partial charge < -0.3 is 14.0 Å². The molecule has 9 nitrogen and oxygen atoms in total. The van der Waals surface area contributed by atoms with Crippen molar-refractivity contribution in [3.8, 4) is 23.1 Å². The van der Waals surface area contributed by atoms with Gasteiger partial charge in [-0.05, 0) is 74.8 Å². The second-order valence-electron chi connectivity index (χ2n) is 10.1. The van der Waals surface area contributed by atoms with Crippen molar-refractivity contribution < 1.29 is 14.3 Å². The molecular formula is C29H30N6O3. The van der Waals surface area contributed by atoms with Gasteiger partial charge in [0.1, 0.15) is 30.1 Å². The van der Waals surface area contributed by atoms with Gasteiger partial charge in [0.25, 0.3) is 0 Å². The summed E-state index contributed by atoms with van der Waals surface area (Å²) in [6, 6.07) is 16.3. The molecule has 0 bridgehead atoms. The average molecular weight is 511 g/mol. The SMILES string of the molecule is CC(OC(=O)Nc1ccc(-c2c(C#N)c3ccc(OCCc4ncn[nH]4)cc3n2C2CCC2)cc1)C1CC1. The lowest BCUT2D eigenvalue weighted by atomic mass is 9.92. The number of benzene rings is 2. The van der Waals surface area contributed by atoms with Crippen molar-refractivity contribution >= 4 is 22.7 Å². The maximum absolute atomic E-state index is 12.3. The zero-order chi connectivity index (χ0) is 26.1. The Morgan fingerprint density at radius 1 is 1.21 bits per heavy atom. The zero-order valence-corrected chi connectivity index (χ0v) is 21.3. The largest absolute Gasteiger partial charge is 0.493 e. The van der Waals surface area contributed by atoms with Crippen molar-refractivity contribution in [1.29, 1.82) is 5.26 Å². The van der Waals surface area contributed by atoms with E-state index in [2.05, 4.69) is 31.1 Å². The average Bonchev–Trinajstić information content (AvgIpc) is 3.53. The van der Waals surface area contributed by atoms with Crippen LogP contribution in [0.5, 0.6) is 5.75 Å². The van der Waals surface area contributed by atoms with E-state index < -0.39 is 6.09 Å². The highest BCUT2D eigenvalue weighted by Crippen LogP contribution is 2.43. The lowest BCUT2D eigenvalue weighted by Gasteiger charge is -2.30. The van der Waals surface area contributed by atoms with E-state index >= 15 is 0 Å². The van der Waals surface area contributed by atoms with Crippen molar-refractivity contribution in [2.75, 3.05) is 11.9 Å². The fourth-order valence-corrected chi connectivity index (χ4v) is 5.11. The number of ether oxygens (including phenoxy) is 2. The van der Waals surface area contributed by atoms with E-state index in [0.29, 0.717) is 36.2 Å². The second-order valence-corrected chi connectivity index (χ2v) is 10.1. The summed E-state index contributed by atoms with van der Waals surface area (Å²) in [5.41, 5.74) is 4.15. The summed E-state index contributed by atoms with van der Waals surface area (Å²) in [6.45, 7) is 2.41. The molecule has 1 atom stereocenters. The van der Waals surface area contributed by atoms with Gasteiger partial charge in [-0.2, -0.15) is 10.4 Å². The van der Waals surface area contributed by atoms with E-state index in [1.165, 1.54) is 12.7 Å². The Labute approximate surface area is 220 Å². The highest BCUT2D eigenvalue weighted by Gasteiger charge is 2.31. The highest BCUT2D eigenvalue weighted by atomic mass is 16.6. The predicted molar refractivity (Wildman–Crippen MR) is 143 cm³/mol. The van der Waals surface area contributed by atoms with Gasteiger partial charge in [0.15, 0.2) is 0 Å². The molecule has 2 aromatic heterocycles. The minimum Gasteiger partial charge on any atom is -0.493 e. The summed E-state index contributed by atoms with van der Waals surface area (Å²) in [4.78, 5) is 16.4. The summed E-state index contributed by atoms with van der Waals surface area (Å²) in [6.07, 6.45) is 7.17. The molecule has 38 heavy (non-hydrogen) atoms. The molecule has 2 saturated carbocycles. The number of rotatable bonds is 9. The summed E-state index contributed by atoms with van der Waals surface area (Å²) in [7, 11) is 0. The number of carbonyl (C=O) groups is 1. The number of aromatic amines is 1. The van der Waals surface area contributed by atoms with Gasteiger partial charge in [0, 0.05) is 29.6 Å². The maximum atomic E-state index is 12.3. The number of aromatic nitrogens is 4. The number of hydrogen-bond acceptors (Lipinski definition) is 6. The van der Waals surface area contributed by atoms with E-state index in [1.54, 1.807) is 0 Å². The van der Waals surface area contributed by atoms with Crippen LogP contribution in [0.4, 0.5) is 10.5 Å². The molecule has 1 unspecified atom stereocenters. The van der Waals surface area contributed by atoms with Gasteiger partial charge in [-0.3, -0.25) is 10.4 Å². The van der Waals surface area contributed by atoms with Crippen LogP contribution in [0.2, 0.25) is 0 Å². The molecule has 6 rings (SSSR count). The van der Waals surface area contributed by atoms with E-state index in [9.17, 15) is 10.1 Å². The van der Waals surface area contributed by atoms with Gasteiger partial charge in [-0.25, -0.2) is 9.78 Å². The summed E-state index contributed by atoms with van der Waals surface area (Å²) >= 11 is 0. The molecule has 2 aliphatic rings. The number of amides is 1. The van der Waals surface area contributed by atoms with Gasteiger partial charge in [0.05, 0.1) is 23.4 Å². The number of fused-ring (bicyclic) bond motifs is 1. The zero-order valence-electron chi connectivity index (χ0n) is 21.3. The van der Waals surface area contributed by atoms with Crippen LogP contribution in [0, 0.1) is 17.2 Å². The van der Waals surface area contributed by atoms with Crippen LogP contribution in [0.25, 0.3) is 22.2 Å². The van der Waals surface area contributed by atoms with Gasteiger partial charge in [0.2, 0.25) is 0 Å².